The van der Waals surface area contributed by atoms with E-state index in [1.165, 1.54) is 17.0 Å². The molecule has 0 aromatic heterocycles. The van der Waals surface area contributed by atoms with Crippen LogP contribution < -0.4 is 9.62 Å². The Morgan fingerprint density at radius 3 is 2.08 bits per heavy atom. The summed E-state index contributed by atoms with van der Waals surface area (Å²) >= 11 is 3.38. The van der Waals surface area contributed by atoms with Crippen LogP contribution >= 0.6 is 15.9 Å². The lowest BCUT2D eigenvalue weighted by atomic mass is 10.1. The van der Waals surface area contributed by atoms with Gasteiger partial charge in [-0.25, -0.2) is 8.42 Å². The number of hydrogen-bond donors (Lipinski definition) is 1. The van der Waals surface area contributed by atoms with Gasteiger partial charge in [-0.3, -0.25) is 13.9 Å². The summed E-state index contributed by atoms with van der Waals surface area (Å²) in [7, 11) is -4.07. The number of amides is 2. The molecule has 38 heavy (non-hydrogen) atoms. The molecule has 1 atom stereocenters. The maximum absolute atomic E-state index is 13.9. The Morgan fingerprint density at radius 1 is 0.895 bits per heavy atom. The first-order valence-corrected chi connectivity index (χ1v) is 14.7. The van der Waals surface area contributed by atoms with Crippen molar-refractivity contribution in [2.75, 3.05) is 17.4 Å². The highest BCUT2D eigenvalue weighted by Crippen LogP contribution is 2.26. The molecule has 0 unspecified atom stereocenters. The Labute approximate surface area is 234 Å². The van der Waals surface area contributed by atoms with Gasteiger partial charge in [0.25, 0.3) is 10.0 Å². The monoisotopic (exact) mass is 599 g/mol. The molecule has 7 nitrogen and oxygen atoms in total. The molecule has 3 aromatic rings. The van der Waals surface area contributed by atoms with E-state index in [1.54, 1.807) is 49.4 Å². The first-order chi connectivity index (χ1) is 18.0. The Morgan fingerprint density at radius 2 is 1.50 bits per heavy atom. The SMILES string of the molecule is Cc1ccc(CN(C(=O)CN(c2ccc(Br)cc2)S(=O)(=O)c2ccccc2)[C@@H](C)C(=O)NCC(C)C)cc1. The van der Waals surface area contributed by atoms with Crippen LogP contribution in [0, 0.1) is 12.8 Å². The van der Waals surface area contributed by atoms with Gasteiger partial charge in [0.1, 0.15) is 12.6 Å². The third kappa shape index (κ3) is 7.68. The van der Waals surface area contributed by atoms with Crippen LogP contribution in [0.5, 0.6) is 0 Å². The van der Waals surface area contributed by atoms with Gasteiger partial charge in [-0.15, -0.1) is 0 Å². The zero-order valence-electron chi connectivity index (χ0n) is 22.1. The van der Waals surface area contributed by atoms with Crippen LogP contribution in [0.3, 0.4) is 0 Å². The molecule has 1 N–H and O–H groups in total. The summed E-state index contributed by atoms with van der Waals surface area (Å²) in [4.78, 5) is 28.4. The number of aryl methyl sites for hydroxylation is 1. The molecule has 0 bridgehead atoms. The molecular formula is C29H34BrN3O4S. The molecule has 0 radical (unpaired) electrons. The average molecular weight is 601 g/mol. The topological polar surface area (TPSA) is 86.8 Å². The van der Waals surface area contributed by atoms with Crippen LogP contribution in [0.1, 0.15) is 31.9 Å². The van der Waals surface area contributed by atoms with Crippen LogP contribution in [0.2, 0.25) is 0 Å². The molecule has 0 aliphatic carbocycles. The molecule has 0 aliphatic rings. The van der Waals surface area contributed by atoms with Gasteiger partial charge >= 0.3 is 0 Å². The Bertz CT molecular complexity index is 1330. The molecule has 9 heteroatoms. The van der Waals surface area contributed by atoms with Crippen LogP contribution in [0.15, 0.2) is 88.2 Å². The van der Waals surface area contributed by atoms with Gasteiger partial charge in [0.05, 0.1) is 10.6 Å². The van der Waals surface area contributed by atoms with Gasteiger partial charge in [0, 0.05) is 17.6 Å². The zero-order valence-corrected chi connectivity index (χ0v) is 24.5. The number of rotatable bonds is 11. The fourth-order valence-corrected chi connectivity index (χ4v) is 5.48. The molecule has 2 amide bonds. The van der Waals surface area contributed by atoms with E-state index >= 15 is 0 Å². The van der Waals surface area contributed by atoms with Crippen molar-refractivity contribution in [1.82, 2.24) is 10.2 Å². The summed E-state index contributed by atoms with van der Waals surface area (Å²) in [5.74, 6) is -0.531. The van der Waals surface area contributed by atoms with Crippen LogP contribution in [-0.4, -0.2) is 44.3 Å². The second-order valence-corrected chi connectivity index (χ2v) is 12.4. The van der Waals surface area contributed by atoms with Gasteiger partial charge in [0.15, 0.2) is 0 Å². The lowest BCUT2D eigenvalue weighted by molar-refractivity contribution is -0.139. The molecule has 0 spiro atoms. The van der Waals surface area contributed by atoms with Gasteiger partial charge in [0.2, 0.25) is 11.8 Å². The maximum atomic E-state index is 13.9. The third-order valence-electron chi connectivity index (χ3n) is 6.05. The predicted octanol–water partition coefficient (Wildman–Crippen LogP) is 5.14. The van der Waals surface area contributed by atoms with E-state index in [1.807, 2.05) is 45.0 Å². The number of carbonyl (C=O) groups excluding carboxylic acids is 2. The molecule has 3 rings (SSSR count). The van der Waals surface area contributed by atoms with Crippen molar-refractivity contribution in [2.45, 2.75) is 45.2 Å². The first-order valence-electron chi connectivity index (χ1n) is 12.4. The van der Waals surface area contributed by atoms with Crippen molar-refractivity contribution in [3.8, 4) is 0 Å². The molecule has 0 fully saturated rings. The van der Waals surface area contributed by atoms with E-state index in [9.17, 15) is 18.0 Å². The highest BCUT2D eigenvalue weighted by molar-refractivity contribution is 9.10. The summed E-state index contributed by atoms with van der Waals surface area (Å²) in [6, 6.07) is 21.6. The number of sulfonamides is 1. The van der Waals surface area contributed by atoms with Crippen molar-refractivity contribution in [3.63, 3.8) is 0 Å². The number of hydrogen-bond acceptors (Lipinski definition) is 4. The summed E-state index contributed by atoms with van der Waals surface area (Å²) in [6.07, 6.45) is 0. The predicted molar refractivity (Wildman–Crippen MR) is 154 cm³/mol. The lowest BCUT2D eigenvalue weighted by Gasteiger charge is -2.32. The average Bonchev–Trinajstić information content (AvgIpc) is 2.90. The minimum atomic E-state index is -4.07. The van der Waals surface area contributed by atoms with Gasteiger partial charge in [-0.1, -0.05) is 77.8 Å². The lowest BCUT2D eigenvalue weighted by Crippen LogP contribution is -2.51. The van der Waals surface area contributed by atoms with E-state index in [4.69, 9.17) is 0 Å². The normalized spacial score (nSPS) is 12.2. The second kappa shape index (κ2) is 13.1. The van der Waals surface area contributed by atoms with Crippen LogP contribution in [0.25, 0.3) is 0 Å². The van der Waals surface area contributed by atoms with E-state index in [-0.39, 0.29) is 23.3 Å². The summed E-state index contributed by atoms with van der Waals surface area (Å²) < 4.78 is 29.3. The number of nitrogens with one attached hydrogen (secondary N) is 1. The van der Waals surface area contributed by atoms with E-state index in [2.05, 4.69) is 21.2 Å². The molecule has 3 aromatic carbocycles. The van der Waals surface area contributed by atoms with E-state index < -0.39 is 28.5 Å². The Kier molecular flexibility index (Phi) is 10.1. The van der Waals surface area contributed by atoms with Crippen molar-refractivity contribution >= 4 is 43.5 Å². The number of carbonyl (C=O) groups is 2. The largest absolute Gasteiger partial charge is 0.354 e. The smallest absolute Gasteiger partial charge is 0.264 e. The van der Waals surface area contributed by atoms with Crippen molar-refractivity contribution in [1.29, 1.82) is 0 Å². The molecular weight excluding hydrogens is 566 g/mol. The minimum Gasteiger partial charge on any atom is -0.354 e. The third-order valence-corrected chi connectivity index (χ3v) is 8.37. The van der Waals surface area contributed by atoms with Crippen molar-refractivity contribution in [2.24, 2.45) is 5.92 Å². The summed E-state index contributed by atoms with van der Waals surface area (Å²) in [5.41, 5.74) is 2.26. The van der Waals surface area contributed by atoms with E-state index in [0.717, 1.165) is 19.9 Å². The Balaban J connectivity index is 1.98. The maximum Gasteiger partial charge on any atom is 0.264 e. The fraction of sp³-hybridized carbons (Fsp3) is 0.310. The highest BCUT2D eigenvalue weighted by atomic mass is 79.9. The van der Waals surface area contributed by atoms with E-state index in [0.29, 0.717) is 12.2 Å². The molecule has 0 aliphatic heterocycles. The zero-order chi connectivity index (χ0) is 27.9. The van der Waals surface area contributed by atoms with Gasteiger partial charge in [-0.05, 0) is 61.7 Å². The quantitative estimate of drug-likeness (QED) is 0.330. The molecule has 0 heterocycles. The number of halogens is 1. The second-order valence-electron chi connectivity index (χ2n) is 9.62. The Hall–Kier alpha value is -3.17. The van der Waals surface area contributed by atoms with Crippen molar-refractivity contribution < 1.29 is 18.0 Å². The minimum absolute atomic E-state index is 0.0727. The fourth-order valence-electron chi connectivity index (χ4n) is 3.78. The van der Waals surface area contributed by atoms with Gasteiger partial charge in [-0.2, -0.15) is 0 Å². The molecule has 0 saturated carbocycles. The molecule has 0 saturated heterocycles. The van der Waals surface area contributed by atoms with Crippen LogP contribution in [0.4, 0.5) is 5.69 Å². The number of anilines is 1. The molecule has 202 valence electrons. The standard InChI is InChI=1S/C29H34BrN3O4S/c1-21(2)18-31-29(35)23(4)32(19-24-12-10-22(3)11-13-24)28(34)20-33(26-16-14-25(30)15-17-26)38(36,37)27-8-6-5-7-9-27/h5-17,21,23H,18-20H2,1-4H3,(H,31,35)/t23-/m0/s1. The van der Waals surface area contributed by atoms with Gasteiger partial charge < -0.3 is 10.2 Å². The highest BCUT2D eigenvalue weighted by Gasteiger charge is 2.32. The van der Waals surface area contributed by atoms with Crippen molar-refractivity contribution in [3.05, 3.63) is 94.5 Å². The van der Waals surface area contributed by atoms with Crippen LogP contribution in [-0.2, 0) is 26.2 Å². The number of nitrogens with zero attached hydrogens (tertiary/aromatic N) is 2. The summed E-state index contributed by atoms with van der Waals surface area (Å²) in [5, 5.41) is 2.89. The number of benzene rings is 3. The first kappa shape index (κ1) is 29.4. The summed E-state index contributed by atoms with van der Waals surface area (Å²) in [6.45, 7) is 7.79.